The lowest BCUT2D eigenvalue weighted by Gasteiger charge is -2.39. The van der Waals surface area contributed by atoms with E-state index >= 15 is 0 Å². The minimum atomic E-state index is -0.470. The van der Waals surface area contributed by atoms with E-state index in [0.29, 0.717) is 17.5 Å². The molecule has 0 bridgehead atoms. The van der Waals surface area contributed by atoms with Gasteiger partial charge in [-0.15, -0.1) is 0 Å². The Labute approximate surface area is 197 Å². The second-order valence-electron chi connectivity index (χ2n) is 9.65. The second-order valence-corrected chi connectivity index (χ2v) is 9.65. The van der Waals surface area contributed by atoms with Crippen molar-refractivity contribution in [2.75, 3.05) is 13.7 Å². The van der Waals surface area contributed by atoms with Crippen molar-refractivity contribution in [2.45, 2.75) is 32.4 Å². The Kier molecular flexibility index (Phi) is 5.06. The van der Waals surface area contributed by atoms with Crippen LogP contribution in [0.3, 0.4) is 0 Å². The molecule has 0 aliphatic carbocycles. The summed E-state index contributed by atoms with van der Waals surface area (Å²) in [5, 5.41) is 0.525. The molecule has 176 valence electrons. The van der Waals surface area contributed by atoms with Crippen molar-refractivity contribution in [1.29, 1.82) is 0 Å². The smallest absolute Gasteiger partial charge is 0.331 e. The highest BCUT2D eigenvalue weighted by Crippen LogP contribution is 2.45. The van der Waals surface area contributed by atoms with Crippen LogP contribution in [0.5, 0.6) is 5.75 Å². The summed E-state index contributed by atoms with van der Waals surface area (Å²) in [6, 6.07) is 15.9. The Balaban J connectivity index is 2.00. The number of aromatic nitrogens is 3. The standard InChI is InChI=1S/C27H29N3O4/c1-16-9-7-10-17(13-16)21-20-22(28(4)26(32)29(5)25(20)31)23-24(34-15-27(2,3)30(21)23)18-11-8-12-19(14-18)33-6/h7-14,24H,15H2,1-6H3/t24-/m1/s1. The second kappa shape index (κ2) is 7.74. The lowest BCUT2D eigenvalue weighted by atomic mass is 9.97. The van der Waals surface area contributed by atoms with Crippen molar-refractivity contribution in [2.24, 2.45) is 14.1 Å². The normalized spacial score (nSPS) is 17.1. The van der Waals surface area contributed by atoms with Crippen LogP contribution in [0.1, 0.15) is 36.8 Å². The number of ether oxygens (including phenoxy) is 2. The van der Waals surface area contributed by atoms with Gasteiger partial charge in [-0.25, -0.2) is 4.79 Å². The van der Waals surface area contributed by atoms with E-state index in [1.165, 1.54) is 11.6 Å². The van der Waals surface area contributed by atoms with Crippen LogP contribution in [-0.2, 0) is 24.4 Å². The summed E-state index contributed by atoms with van der Waals surface area (Å²) in [5.41, 5.74) is 4.02. The molecule has 3 heterocycles. The minimum absolute atomic E-state index is 0.309. The molecule has 2 aromatic heterocycles. The molecule has 7 nitrogen and oxygen atoms in total. The van der Waals surface area contributed by atoms with Crippen LogP contribution in [0.2, 0.25) is 0 Å². The first-order chi connectivity index (χ1) is 16.2. The van der Waals surface area contributed by atoms with Crippen LogP contribution >= 0.6 is 0 Å². The van der Waals surface area contributed by atoms with E-state index in [-0.39, 0.29) is 11.2 Å². The molecular weight excluding hydrogens is 430 g/mol. The van der Waals surface area contributed by atoms with Crippen LogP contribution in [0.15, 0.2) is 58.1 Å². The predicted octanol–water partition coefficient (Wildman–Crippen LogP) is 3.88. The Bertz CT molecular complexity index is 1550. The fourth-order valence-corrected chi connectivity index (χ4v) is 5.12. The highest BCUT2D eigenvalue weighted by molar-refractivity contribution is 5.97. The first kappa shape index (κ1) is 22.2. The first-order valence-electron chi connectivity index (χ1n) is 11.3. The van der Waals surface area contributed by atoms with Gasteiger partial charge in [-0.1, -0.05) is 35.9 Å². The van der Waals surface area contributed by atoms with Crippen molar-refractivity contribution < 1.29 is 9.47 Å². The lowest BCUT2D eigenvalue weighted by molar-refractivity contribution is -0.00714. The van der Waals surface area contributed by atoms with Crippen LogP contribution in [0.25, 0.3) is 22.2 Å². The number of methoxy groups -OCH3 is 1. The zero-order valence-electron chi connectivity index (χ0n) is 20.4. The first-order valence-corrected chi connectivity index (χ1v) is 11.3. The summed E-state index contributed by atoms with van der Waals surface area (Å²) in [7, 11) is 4.88. The molecule has 0 spiro atoms. The molecule has 1 atom stereocenters. The topological polar surface area (TPSA) is 67.4 Å². The van der Waals surface area contributed by atoms with E-state index in [1.54, 1.807) is 18.7 Å². The lowest BCUT2D eigenvalue weighted by Crippen LogP contribution is -2.40. The van der Waals surface area contributed by atoms with Gasteiger partial charge >= 0.3 is 5.69 Å². The molecule has 4 aromatic rings. The molecule has 1 aliphatic heterocycles. The number of benzene rings is 2. The van der Waals surface area contributed by atoms with E-state index in [1.807, 2.05) is 49.4 Å². The fraction of sp³-hybridized carbons (Fsp3) is 0.333. The van der Waals surface area contributed by atoms with Gasteiger partial charge in [0, 0.05) is 14.1 Å². The number of nitrogens with zero attached hydrogens (tertiary/aromatic N) is 3. The van der Waals surface area contributed by atoms with Gasteiger partial charge in [0.05, 0.1) is 41.5 Å². The van der Waals surface area contributed by atoms with E-state index in [0.717, 1.165) is 33.8 Å². The predicted molar refractivity (Wildman–Crippen MR) is 133 cm³/mol. The number of rotatable bonds is 3. The van der Waals surface area contributed by atoms with Gasteiger partial charge in [-0.05, 0) is 50.1 Å². The van der Waals surface area contributed by atoms with Crippen LogP contribution < -0.4 is 16.0 Å². The molecule has 0 unspecified atom stereocenters. The molecule has 2 aromatic carbocycles. The average Bonchev–Trinajstić information content (AvgIpc) is 3.19. The maximum absolute atomic E-state index is 13.6. The number of fused-ring (bicyclic) bond motifs is 3. The average molecular weight is 460 g/mol. The van der Waals surface area contributed by atoms with Gasteiger partial charge in [-0.3, -0.25) is 13.9 Å². The summed E-state index contributed by atoms with van der Waals surface area (Å²) in [6.07, 6.45) is -0.470. The maximum atomic E-state index is 13.6. The van der Waals surface area contributed by atoms with E-state index in [2.05, 4.69) is 24.5 Å². The van der Waals surface area contributed by atoms with Gasteiger partial charge in [-0.2, -0.15) is 0 Å². The minimum Gasteiger partial charge on any atom is -0.497 e. The molecule has 34 heavy (non-hydrogen) atoms. The molecule has 0 saturated carbocycles. The summed E-state index contributed by atoms with van der Waals surface area (Å²) in [6.45, 7) is 6.67. The van der Waals surface area contributed by atoms with E-state index in [9.17, 15) is 9.59 Å². The number of hydrogen-bond donors (Lipinski definition) is 0. The van der Waals surface area contributed by atoms with Gasteiger partial charge in [0.15, 0.2) is 0 Å². The quantitative estimate of drug-likeness (QED) is 0.466. The maximum Gasteiger partial charge on any atom is 0.331 e. The molecule has 0 fully saturated rings. The van der Waals surface area contributed by atoms with Gasteiger partial charge in [0.2, 0.25) is 0 Å². The Hall–Kier alpha value is -3.58. The molecule has 5 rings (SSSR count). The monoisotopic (exact) mass is 459 g/mol. The summed E-state index contributed by atoms with van der Waals surface area (Å²) >= 11 is 0. The highest BCUT2D eigenvalue weighted by atomic mass is 16.5. The van der Waals surface area contributed by atoms with Crippen LogP contribution in [-0.4, -0.2) is 27.4 Å². The van der Waals surface area contributed by atoms with Crippen molar-refractivity contribution in [3.63, 3.8) is 0 Å². The number of aryl methyl sites for hydroxylation is 2. The van der Waals surface area contributed by atoms with Crippen molar-refractivity contribution in [3.05, 3.63) is 86.2 Å². The van der Waals surface area contributed by atoms with Gasteiger partial charge in [0.1, 0.15) is 11.9 Å². The third kappa shape index (κ3) is 3.15. The summed E-state index contributed by atoms with van der Waals surface area (Å²) in [4.78, 5) is 26.7. The third-order valence-corrected chi connectivity index (χ3v) is 6.75. The van der Waals surface area contributed by atoms with Gasteiger partial charge in [0.25, 0.3) is 5.56 Å². The third-order valence-electron chi connectivity index (χ3n) is 6.75. The summed E-state index contributed by atoms with van der Waals surface area (Å²) < 4.78 is 16.9. The SMILES string of the molecule is COc1cccc([C@H]2OCC(C)(C)n3c(-c4cccc(C)c4)c4c(=O)n(C)c(=O)n(C)c4c32)c1. The largest absolute Gasteiger partial charge is 0.497 e. The zero-order valence-corrected chi connectivity index (χ0v) is 20.4. The van der Waals surface area contributed by atoms with Crippen molar-refractivity contribution in [1.82, 2.24) is 13.7 Å². The number of hydrogen-bond acceptors (Lipinski definition) is 4. The Morgan fingerprint density at radius 1 is 1.03 bits per heavy atom. The molecule has 1 aliphatic rings. The van der Waals surface area contributed by atoms with Gasteiger partial charge < -0.3 is 14.0 Å². The van der Waals surface area contributed by atoms with E-state index in [4.69, 9.17) is 9.47 Å². The summed E-state index contributed by atoms with van der Waals surface area (Å²) in [5.74, 6) is 0.719. The van der Waals surface area contributed by atoms with Crippen molar-refractivity contribution in [3.8, 4) is 17.0 Å². The Morgan fingerprint density at radius 3 is 2.47 bits per heavy atom. The molecule has 0 saturated heterocycles. The zero-order chi connectivity index (χ0) is 24.4. The van der Waals surface area contributed by atoms with Crippen LogP contribution in [0, 0.1) is 6.92 Å². The molecule has 7 heteroatoms. The highest BCUT2D eigenvalue weighted by Gasteiger charge is 2.40. The Morgan fingerprint density at radius 2 is 1.76 bits per heavy atom. The molecule has 0 N–H and O–H groups in total. The van der Waals surface area contributed by atoms with Crippen molar-refractivity contribution >= 4 is 10.9 Å². The molecule has 0 amide bonds. The molecular formula is C27H29N3O4. The van der Waals surface area contributed by atoms with E-state index < -0.39 is 11.6 Å². The fourth-order valence-electron chi connectivity index (χ4n) is 5.12. The molecule has 0 radical (unpaired) electrons. The van der Waals surface area contributed by atoms with Crippen LogP contribution in [0.4, 0.5) is 0 Å².